The Balaban J connectivity index is 1.31. The molecule has 6 heteroatoms. The van der Waals surface area contributed by atoms with Crippen LogP contribution in [0.1, 0.15) is 76.0 Å². The molecule has 27 heavy (non-hydrogen) atoms. The third kappa shape index (κ3) is 4.43. The van der Waals surface area contributed by atoms with E-state index in [-0.39, 0.29) is 18.6 Å². The summed E-state index contributed by atoms with van der Waals surface area (Å²) in [5.74, 6) is 1.36. The van der Waals surface area contributed by atoms with Crippen LogP contribution in [0.2, 0.25) is 0 Å². The summed E-state index contributed by atoms with van der Waals surface area (Å²) in [6.07, 6.45) is -1.91. The molecule has 1 saturated carbocycles. The number of rotatable bonds is 7. The zero-order chi connectivity index (χ0) is 23.9. The van der Waals surface area contributed by atoms with E-state index < -0.39 is 25.2 Å². The summed E-state index contributed by atoms with van der Waals surface area (Å²) in [7, 11) is 0. The van der Waals surface area contributed by atoms with Crippen LogP contribution in [0.15, 0.2) is 24.3 Å². The number of hydrogen-bond acceptors (Lipinski definition) is 5. The summed E-state index contributed by atoms with van der Waals surface area (Å²) in [4.78, 5) is 11.5. The molecule has 6 nitrogen and oxygen atoms in total. The van der Waals surface area contributed by atoms with Gasteiger partial charge >= 0.3 is 0 Å². The van der Waals surface area contributed by atoms with Gasteiger partial charge in [-0.2, -0.15) is 0 Å². The maximum absolute atomic E-state index is 11.5. The van der Waals surface area contributed by atoms with Crippen molar-refractivity contribution in [1.82, 2.24) is 20.2 Å². The van der Waals surface area contributed by atoms with E-state index in [4.69, 9.17) is 13.0 Å². The van der Waals surface area contributed by atoms with Crippen molar-refractivity contribution in [1.29, 1.82) is 0 Å². The molecule has 0 saturated heterocycles. The fraction of sp³-hybridized carbons (Fsp3) is 0.524. The first-order valence-corrected chi connectivity index (χ1v) is 9.24. The number of unbranched alkanes of at least 4 members (excludes halogenated alkanes) is 1. The summed E-state index contributed by atoms with van der Waals surface area (Å²) in [6, 6.07) is 5.03. The van der Waals surface area contributed by atoms with Crippen molar-refractivity contribution in [2.45, 2.75) is 63.7 Å². The molecule has 0 spiro atoms. The SMILES string of the molecule is [2H]C1([2H])CC(n2nnnc2CCCCOc2ccc3c(c2)C=CC(=O)C3)CC([2H])([2H])C1([2H])[2H]. The number of aromatic nitrogens is 4. The quantitative estimate of drug-likeness (QED) is 0.693. The highest BCUT2D eigenvalue weighted by atomic mass is 16.5. The number of nitrogens with zero attached hydrogens (tertiary/aromatic N) is 4. The third-order valence-corrected chi connectivity index (χ3v) is 4.75. The van der Waals surface area contributed by atoms with Crippen LogP contribution in [0, 0.1) is 0 Å². The van der Waals surface area contributed by atoms with Gasteiger partial charge < -0.3 is 4.74 Å². The maximum Gasteiger partial charge on any atom is 0.160 e. The van der Waals surface area contributed by atoms with Crippen molar-refractivity contribution in [3.63, 3.8) is 0 Å². The summed E-state index contributed by atoms with van der Waals surface area (Å²) >= 11 is 0. The Morgan fingerprint density at radius 3 is 2.96 bits per heavy atom. The van der Waals surface area contributed by atoms with Crippen LogP contribution in [0.4, 0.5) is 0 Å². The molecule has 0 unspecified atom stereocenters. The van der Waals surface area contributed by atoms with Gasteiger partial charge in [0.2, 0.25) is 0 Å². The van der Waals surface area contributed by atoms with E-state index >= 15 is 0 Å². The van der Waals surface area contributed by atoms with Crippen LogP contribution < -0.4 is 4.74 Å². The number of fused-ring (bicyclic) bond motifs is 1. The Morgan fingerprint density at radius 2 is 2.07 bits per heavy atom. The number of ketones is 1. The van der Waals surface area contributed by atoms with E-state index in [9.17, 15) is 4.79 Å². The fourth-order valence-corrected chi connectivity index (χ4v) is 3.29. The Kier molecular flexibility index (Phi) is 3.78. The highest BCUT2D eigenvalue weighted by Gasteiger charge is 2.19. The molecular weight excluding hydrogens is 340 g/mol. The van der Waals surface area contributed by atoms with E-state index in [2.05, 4.69) is 15.5 Å². The van der Waals surface area contributed by atoms with Crippen molar-refractivity contribution >= 4 is 11.9 Å². The number of hydrogen-bond donors (Lipinski definition) is 0. The molecule has 0 aliphatic heterocycles. The molecule has 0 atom stereocenters. The molecule has 0 radical (unpaired) electrons. The number of benzene rings is 1. The van der Waals surface area contributed by atoms with E-state index in [1.54, 1.807) is 12.2 Å². The Morgan fingerprint density at radius 1 is 1.19 bits per heavy atom. The van der Waals surface area contributed by atoms with Gasteiger partial charge in [0, 0.05) is 21.1 Å². The van der Waals surface area contributed by atoms with E-state index in [0.717, 1.165) is 23.3 Å². The van der Waals surface area contributed by atoms with Crippen molar-refractivity contribution in [3.05, 3.63) is 41.2 Å². The highest BCUT2D eigenvalue weighted by Crippen LogP contribution is 2.28. The van der Waals surface area contributed by atoms with Gasteiger partial charge in [-0.3, -0.25) is 4.79 Å². The third-order valence-electron chi connectivity index (χ3n) is 4.75. The van der Waals surface area contributed by atoms with Crippen LogP contribution in [0.5, 0.6) is 5.75 Å². The van der Waals surface area contributed by atoms with Gasteiger partial charge in [-0.25, -0.2) is 4.68 Å². The standard InChI is InChI=1S/C21H26N4O2/c26-19-11-9-17-15-20(12-10-16(17)14-19)27-13-5-4-8-21-22-23-24-25(21)18-6-2-1-3-7-18/h9-12,15,18H,1-8,13-14H2/i1D2,2D2,3D2. The smallest absolute Gasteiger partial charge is 0.160 e. The number of aryl methyl sites for hydroxylation is 1. The number of tetrazole rings is 1. The first-order valence-electron chi connectivity index (χ1n) is 12.2. The lowest BCUT2D eigenvalue weighted by atomic mass is 9.95. The predicted octanol–water partition coefficient (Wildman–Crippen LogP) is 3.72. The van der Waals surface area contributed by atoms with Crippen LogP contribution in [-0.4, -0.2) is 32.6 Å². The van der Waals surface area contributed by atoms with Gasteiger partial charge in [0.25, 0.3) is 0 Å². The second-order valence-electron chi connectivity index (χ2n) is 6.72. The normalized spacial score (nSPS) is 26.0. The average molecular weight is 373 g/mol. The molecule has 2 aromatic rings. The number of carbonyl (C=O) groups is 1. The van der Waals surface area contributed by atoms with Gasteiger partial charge in [0.15, 0.2) is 11.6 Å². The summed E-state index contributed by atoms with van der Waals surface area (Å²) in [5.41, 5.74) is 1.98. The van der Waals surface area contributed by atoms with Gasteiger partial charge in [-0.1, -0.05) is 31.3 Å². The molecule has 1 heterocycles. The van der Waals surface area contributed by atoms with Gasteiger partial charge in [-0.05, 0) is 65.4 Å². The molecule has 0 amide bonds. The predicted molar refractivity (Wildman–Crippen MR) is 103 cm³/mol. The summed E-state index contributed by atoms with van der Waals surface area (Å²) < 4.78 is 55.3. The first kappa shape index (κ1) is 12.1. The highest BCUT2D eigenvalue weighted by molar-refractivity contribution is 5.98. The average Bonchev–Trinajstić information content (AvgIpc) is 3.20. The summed E-state index contributed by atoms with van der Waals surface area (Å²) in [6.45, 7) is 0.484. The maximum atomic E-state index is 11.5. The second kappa shape index (κ2) is 8.46. The molecule has 1 aromatic heterocycles. The Hall–Kier alpha value is -2.50. The van der Waals surface area contributed by atoms with Crippen molar-refractivity contribution in [2.24, 2.45) is 0 Å². The van der Waals surface area contributed by atoms with Crippen molar-refractivity contribution in [3.8, 4) is 5.75 Å². The number of allylic oxidation sites excluding steroid dienone is 1. The Labute approximate surface area is 168 Å². The lowest BCUT2D eigenvalue weighted by Crippen LogP contribution is -2.17. The molecule has 4 rings (SSSR count). The Bertz CT molecular complexity index is 1050. The van der Waals surface area contributed by atoms with Crippen LogP contribution in [0.25, 0.3) is 6.08 Å². The second-order valence-corrected chi connectivity index (χ2v) is 6.72. The van der Waals surface area contributed by atoms with Gasteiger partial charge in [-0.15, -0.1) is 5.10 Å². The molecule has 1 aromatic carbocycles. The first-order chi connectivity index (χ1) is 15.5. The molecule has 0 N–H and O–H groups in total. The molecule has 2 aliphatic carbocycles. The zero-order valence-electron chi connectivity index (χ0n) is 21.0. The van der Waals surface area contributed by atoms with Gasteiger partial charge in [0.1, 0.15) is 5.75 Å². The lowest BCUT2D eigenvalue weighted by molar-refractivity contribution is -0.114. The molecule has 142 valence electrons. The number of carbonyl (C=O) groups excluding carboxylic acids is 1. The van der Waals surface area contributed by atoms with E-state index in [1.165, 1.54) is 4.68 Å². The molecule has 1 fully saturated rings. The zero-order valence-corrected chi connectivity index (χ0v) is 15.0. The van der Waals surface area contributed by atoms with Crippen LogP contribution in [-0.2, 0) is 17.6 Å². The van der Waals surface area contributed by atoms with E-state index in [0.29, 0.717) is 31.7 Å². The van der Waals surface area contributed by atoms with E-state index in [1.807, 2.05) is 18.2 Å². The van der Waals surface area contributed by atoms with Gasteiger partial charge in [0.05, 0.1) is 12.6 Å². The van der Waals surface area contributed by atoms with Crippen LogP contribution in [0.3, 0.4) is 0 Å². The minimum absolute atomic E-state index is 0.0951. The van der Waals surface area contributed by atoms with Crippen LogP contribution >= 0.6 is 0 Å². The monoisotopic (exact) mass is 372 g/mol. The van der Waals surface area contributed by atoms with Crippen molar-refractivity contribution in [2.75, 3.05) is 6.61 Å². The molecule has 0 bridgehead atoms. The van der Waals surface area contributed by atoms with Crippen molar-refractivity contribution < 1.29 is 17.8 Å². The number of ether oxygens (including phenoxy) is 1. The summed E-state index contributed by atoms with van der Waals surface area (Å²) in [5, 5.41) is 11.7. The topological polar surface area (TPSA) is 69.9 Å². The fourth-order valence-electron chi connectivity index (χ4n) is 3.29. The lowest BCUT2D eigenvalue weighted by Gasteiger charge is -2.22. The molecule has 2 aliphatic rings. The minimum Gasteiger partial charge on any atom is -0.494 e. The largest absolute Gasteiger partial charge is 0.494 e. The molecular formula is C21H26N4O2. The minimum atomic E-state index is -2.59.